The summed E-state index contributed by atoms with van der Waals surface area (Å²) in [5.41, 5.74) is 13.4. The van der Waals surface area contributed by atoms with Crippen LogP contribution < -0.4 is 5.73 Å². The molecule has 0 aliphatic rings. The summed E-state index contributed by atoms with van der Waals surface area (Å²) in [5, 5.41) is 2.21. The molecular weight excluding hydrogens is 302 g/mol. The maximum atomic E-state index is 5.89. The molecule has 2 N–H and O–H groups in total. The van der Waals surface area contributed by atoms with Crippen LogP contribution in [0, 0.1) is 13.8 Å². The molecule has 0 fully saturated rings. The summed E-state index contributed by atoms with van der Waals surface area (Å²) < 4.78 is 2.32. The van der Waals surface area contributed by atoms with Crippen molar-refractivity contribution in [1.29, 1.82) is 0 Å². The third kappa shape index (κ3) is 2.81. The Bertz CT molecular complexity index is 849. The third-order valence-electron chi connectivity index (χ3n) is 4.21. The minimum atomic E-state index is 0.0236. The van der Waals surface area contributed by atoms with Gasteiger partial charge in [-0.3, -0.25) is 4.40 Å². The highest BCUT2D eigenvalue weighted by Crippen LogP contribution is 2.34. The van der Waals surface area contributed by atoms with E-state index in [4.69, 9.17) is 10.7 Å². The zero-order chi connectivity index (χ0) is 16.8. The van der Waals surface area contributed by atoms with Crippen LogP contribution in [0.5, 0.6) is 0 Å². The molecular formula is C19H25N3S. The Labute approximate surface area is 142 Å². The maximum Gasteiger partial charge on any atom is 0.194 e. The van der Waals surface area contributed by atoms with Gasteiger partial charge in [-0.2, -0.15) is 0 Å². The Balaban J connectivity index is 2.28. The number of aryl methyl sites for hydroxylation is 2. The van der Waals surface area contributed by atoms with E-state index in [1.165, 1.54) is 33.8 Å². The van der Waals surface area contributed by atoms with Gasteiger partial charge < -0.3 is 5.73 Å². The molecule has 3 nitrogen and oxygen atoms in total. The van der Waals surface area contributed by atoms with Crippen molar-refractivity contribution in [2.75, 3.05) is 6.54 Å². The summed E-state index contributed by atoms with van der Waals surface area (Å²) in [6.45, 7) is 11.6. The number of nitrogens with two attached hydrogens (primary N) is 1. The van der Waals surface area contributed by atoms with Crippen molar-refractivity contribution in [3.05, 3.63) is 46.1 Å². The maximum absolute atomic E-state index is 5.89. The molecule has 23 heavy (non-hydrogen) atoms. The molecule has 1 aromatic carbocycles. The second-order valence-corrected chi connectivity index (χ2v) is 8.09. The predicted molar refractivity (Wildman–Crippen MR) is 99.4 cm³/mol. The van der Waals surface area contributed by atoms with Crippen LogP contribution in [0.25, 0.3) is 16.2 Å². The van der Waals surface area contributed by atoms with Crippen molar-refractivity contribution in [3.63, 3.8) is 0 Å². The summed E-state index contributed by atoms with van der Waals surface area (Å²) in [6.07, 6.45) is 0.850. The van der Waals surface area contributed by atoms with Gasteiger partial charge in [-0.05, 0) is 26.0 Å². The number of benzene rings is 1. The van der Waals surface area contributed by atoms with Gasteiger partial charge in [0.1, 0.15) is 0 Å². The van der Waals surface area contributed by atoms with Crippen molar-refractivity contribution in [2.45, 2.75) is 46.5 Å². The Morgan fingerprint density at radius 3 is 2.57 bits per heavy atom. The van der Waals surface area contributed by atoms with Crippen LogP contribution in [0.4, 0.5) is 0 Å². The molecule has 0 aliphatic heterocycles. The minimum Gasteiger partial charge on any atom is -0.330 e. The van der Waals surface area contributed by atoms with Gasteiger partial charge in [0.15, 0.2) is 4.96 Å². The largest absolute Gasteiger partial charge is 0.330 e. The smallest absolute Gasteiger partial charge is 0.194 e. The first-order valence-corrected chi connectivity index (χ1v) is 8.98. The highest BCUT2D eigenvalue weighted by molar-refractivity contribution is 7.15. The summed E-state index contributed by atoms with van der Waals surface area (Å²) >= 11 is 1.71. The molecule has 0 bridgehead atoms. The van der Waals surface area contributed by atoms with E-state index in [0.717, 1.165) is 11.4 Å². The van der Waals surface area contributed by atoms with Crippen molar-refractivity contribution in [2.24, 2.45) is 5.73 Å². The van der Waals surface area contributed by atoms with E-state index in [1.807, 2.05) is 0 Å². The quantitative estimate of drug-likeness (QED) is 0.771. The van der Waals surface area contributed by atoms with Gasteiger partial charge in [-0.1, -0.05) is 44.5 Å². The van der Waals surface area contributed by atoms with Crippen molar-refractivity contribution in [3.8, 4) is 11.3 Å². The lowest BCUT2D eigenvalue weighted by atomic mass is 9.90. The zero-order valence-corrected chi connectivity index (χ0v) is 15.4. The average Bonchev–Trinajstić information content (AvgIpc) is 2.99. The molecule has 0 radical (unpaired) electrons. The number of hydrogen-bond acceptors (Lipinski definition) is 3. The lowest BCUT2D eigenvalue weighted by Gasteiger charge is -2.18. The molecule has 4 heteroatoms. The van der Waals surface area contributed by atoms with Crippen molar-refractivity contribution >= 4 is 16.3 Å². The fourth-order valence-corrected chi connectivity index (χ4v) is 4.08. The minimum absolute atomic E-state index is 0.0236. The van der Waals surface area contributed by atoms with E-state index >= 15 is 0 Å². The number of thiazole rings is 1. The SMILES string of the molecule is Cc1ccc(-c2csc3nc(C(C)(C)C)c(CCN)n23)c(C)c1. The number of imidazole rings is 1. The first-order valence-electron chi connectivity index (χ1n) is 8.10. The number of fused-ring (bicyclic) bond motifs is 1. The Morgan fingerprint density at radius 1 is 1.22 bits per heavy atom. The Hall–Kier alpha value is -1.65. The topological polar surface area (TPSA) is 43.3 Å². The van der Waals surface area contributed by atoms with Crippen LogP contribution >= 0.6 is 11.3 Å². The van der Waals surface area contributed by atoms with Gasteiger partial charge in [0.05, 0.1) is 11.4 Å². The highest BCUT2D eigenvalue weighted by Gasteiger charge is 2.25. The molecule has 3 aromatic rings. The van der Waals surface area contributed by atoms with Crippen LogP contribution in [0.1, 0.15) is 43.3 Å². The Morgan fingerprint density at radius 2 is 1.96 bits per heavy atom. The van der Waals surface area contributed by atoms with Crippen LogP contribution in [0.15, 0.2) is 23.6 Å². The lowest BCUT2D eigenvalue weighted by molar-refractivity contribution is 0.564. The lowest BCUT2D eigenvalue weighted by Crippen LogP contribution is -2.17. The number of nitrogens with zero attached hydrogens (tertiary/aromatic N) is 2. The first kappa shape index (κ1) is 16.2. The molecule has 3 rings (SSSR count). The second kappa shape index (κ2) is 5.77. The van der Waals surface area contributed by atoms with E-state index in [0.29, 0.717) is 6.54 Å². The molecule has 2 heterocycles. The van der Waals surface area contributed by atoms with Gasteiger partial charge in [-0.15, -0.1) is 11.3 Å². The number of hydrogen-bond donors (Lipinski definition) is 1. The molecule has 0 saturated carbocycles. The number of aromatic nitrogens is 2. The molecule has 0 spiro atoms. The van der Waals surface area contributed by atoms with Crippen LogP contribution in [-0.4, -0.2) is 15.9 Å². The first-order chi connectivity index (χ1) is 10.8. The van der Waals surface area contributed by atoms with Crippen LogP contribution in [0.3, 0.4) is 0 Å². The van der Waals surface area contributed by atoms with Crippen LogP contribution in [0.2, 0.25) is 0 Å². The van der Waals surface area contributed by atoms with Crippen LogP contribution in [-0.2, 0) is 11.8 Å². The monoisotopic (exact) mass is 327 g/mol. The summed E-state index contributed by atoms with van der Waals surface area (Å²) in [5.74, 6) is 0. The zero-order valence-electron chi connectivity index (χ0n) is 14.6. The Kier molecular flexibility index (Phi) is 4.07. The van der Waals surface area contributed by atoms with Gasteiger partial charge >= 0.3 is 0 Å². The molecule has 2 aromatic heterocycles. The summed E-state index contributed by atoms with van der Waals surface area (Å²) in [4.78, 5) is 5.99. The van der Waals surface area contributed by atoms with E-state index in [9.17, 15) is 0 Å². The van der Waals surface area contributed by atoms with Gasteiger partial charge in [0, 0.05) is 28.5 Å². The van der Waals surface area contributed by atoms with Gasteiger partial charge in [0.2, 0.25) is 0 Å². The molecule has 0 atom stereocenters. The summed E-state index contributed by atoms with van der Waals surface area (Å²) in [6, 6.07) is 6.63. The van der Waals surface area contributed by atoms with E-state index < -0.39 is 0 Å². The van der Waals surface area contributed by atoms with E-state index in [2.05, 4.69) is 62.6 Å². The normalized spacial score (nSPS) is 12.3. The molecule has 0 aliphatic carbocycles. The molecule has 0 unspecified atom stereocenters. The second-order valence-electron chi connectivity index (χ2n) is 7.25. The van der Waals surface area contributed by atoms with Crippen molar-refractivity contribution < 1.29 is 0 Å². The van der Waals surface area contributed by atoms with E-state index in [-0.39, 0.29) is 5.41 Å². The van der Waals surface area contributed by atoms with Gasteiger partial charge in [-0.25, -0.2) is 4.98 Å². The predicted octanol–water partition coefficient (Wildman–Crippen LogP) is 4.48. The number of rotatable bonds is 3. The van der Waals surface area contributed by atoms with Gasteiger partial charge in [0.25, 0.3) is 0 Å². The average molecular weight is 327 g/mol. The fourth-order valence-electron chi connectivity index (χ4n) is 3.17. The molecule has 0 saturated heterocycles. The highest BCUT2D eigenvalue weighted by atomic mass is 32.1. The third-order valence-corrected chi connectivity index (χ3v) is 5.03. The summed E-state index contributed by atoms with van der Waals surface area (Å²) in [7, 11) is 0. The standard InChI is InChI=1S/C19H25N3S/c1-12-6-7-14(13(2)10-12)16-11-23-18-21-17(19(3,4)5)15(8-9-20)22(16)18/h6-7,10-11H,8-9,20H2,1-5H3. The molecule has 122 valence electrons. The van der Waals surface area contributed by atoms with E-state index in [1.54, 1.807) is 11.3 Å². The molecule has 0 amide bonds. The fraction of sp³-hybridized carbons (Fsp3) is 0.421. The van der Waals surface area contributed by atoms with Crippen molar-refractivity contribution in [1.82, 2.24) is 9.38 Å².